The number of nitro benzene ring substituents is 1. The molecule has 2 atom stereocenters. The number of benzene rings is 1. The molecule has 0 bridgehead atoms. The maximum Gasteiger partial charge on any atom is 0.269 e. The first kappa shape index (κ1) is 14.9. The second-order valence-corrected chi connectivity index (χ2v) is 6.70. The van der Waals surface area contributed by atoms with Crippen molar-refractivity contribution >= 4 is 15.7 Å². The quantitative estimate of drug-likeness (QED) is 0.621. The molecule has 1 aromatic rings. The summed E-state index contributed by atoms with van der Waals surface area (Å²) in [6, 6.07) is 4.76. The van der Waals surface area contributed by atoms with E-state index in [0.29, 0.717) is 12.5 Å². The second kappa shape index (κ2) is 5.86. The van der Waals surface area contributed by atoms with Crippen LogP contribution >= 0.6 is 0 Å². The molecular weight excluding hydrogens is 282 g/mol. The summed E-state index contributed by atoms with van der Waals surface area (Å²) in [5.41, 5.74) is 5.44. The molecular formula is C12H17N3O4S. The van der Waals surface area contributed by atoms with E-state index in [2.05, 4.69) is 4.72 Å². The molecule has 0 spiro atoms. The number of nitrogens with zero attached hydrogens (tertiary/aromatic N) is 1. The Kier molecular flexibility index (Phi) is 4.36. The Morgan fingerprint density at radius 3 is 2.45 bits per heavy atom. The molecule has 20 heavy (non-hydrogen) atoms. The van der Waals surface area contributed by atoms with Crippen molar-refractivity contribution in [3.05, 3.63) is 34.4 Å². The molecule has 2 rings (SSSR count). The van der Waals surface area contributed by atoms with Gasteiger partial charge in [-0.1, -0.05) is 0 Å². The maximum atomic E-state index is 12.2. The number of nitro groups is 1. The van der Waals surface area contributed by atoms with Crippen molar-refractivity contribution in [2.75, 3.05) is 6.54 Å². The standard InChI is InChI=1S/C12H17N3O4S/c13-8-9-1-2-10(7-9)14-20(18,19)12-5-3-11(4-6-12)15(16)17/h3-6,9-10,14H,1-2,7-8,13H2. The fourth-order valence-electron chi connectivity index (χ4n) is 2.43. The molecule has 1 fully saturated rings. The number of rotatable bonds is 5. The Morgan fingerprint density at radius 1 is 1.30 bits per heavy atom. The summed E-state index contributed by atoms with van der Waals surface area (Å²) >= 11 is 0. The Bertz CT molecular complexity index is 585. The van der Waals surface area contributed by atoms with Gasteiger partial charge in [-0.05, 0) is 43.9 Å². The number of nitrogens with two attached hydrogens (primary N) is 1. The van der Waals surface area contributed by atoms with E-state index < -0.39 is 14.9 Å². The van der Waals surface area contributed by atoms with Crippen molar-refractivity contribution in [1.29, 1.82) is 0 Å². The molecule has 110 valence electrons. The first-order valence-corrected chi connectivity index (χ1v) is 7.87. The number of hydrogen-bond donors (Lipinski definition) is 2. The van der Waals surface area contributed by atoms with Gasteiger partial charge < -0.3 is 5.73 Å². The summed E-state index contributed by atoms with van der Waals surface area (Å²) in [6.45, 7) is 0.565. The highest BCUT2D eigenvalue weighted by Gasteiger charge is 2.28. The predicted octanol–water partition coefficient (Wildman–Crippen LogP) is 1.00. The second-order valence-electron chi connectivity index (χ2n) is 4.98. The number of non-ortho nitro benzene ring substituents is 1. The van der Waals surface area contributed by atoms with Crippen molar-refractivity contribution in [2.24, 2.45) is 11.7 Å². The fraction of sp³-hybridized carbons (Fsp3) is 0.500. The zero-order valence-corrected chi connectivity index (χ0v) is 11.7. The molecule has 1 aromatic carbocycles. The van der Waals surface area contributed by atoms with Crippen LogP contribution in [0.3, 0.4) is 0 Å². The monoisotopic (exact) mass is 299 g/mol. The van der Waals surface area contributed by atoms with Gasteiger partial charge in [0, 0.05) is 18.2 Å². The lowest BCUT2D eigenvalue weighted by atomic mass is 10.1. The van der Waals surface area contributed by atoms with Gasteiger partial charge in [0.2, 0.25) is 10.0 Å². The smallest absolute Gasteiger partial charge is 0.269 e. The van der Waals surface area contributed by atoms with Crippen molar-refractivity contribution in [3.63, 3.8) is 0 Å². The van der Waals surface area contributed by atoms with Crippen LogP contribution in [0.1, 0.15) is 19.3 Å². The Morgan fingerprint density at radius 2 is 1.95 bits per heavy atom. The minimum atomic E-state index is -3.63. The third kappa shape index (κ3) is 3.33. The van der Waals surface area contributed by atoms with Crippen LogP contribution in [-0.4, -0.2) is 25.9 Å². The molecule has 0 amide bonds. The summed E-state index contributed by atoms with van der Waals surface area (Å²) in [5.74, 6) is 0.361. The Balaban J connectivity index is 2.08. The zero-order valence-electron chi connectivity index (χ0n) is 10.9. The van der Waals surface area contributed by atoms with Gasteiger partial charge in [0.25, 0.3) is 5.69 Å². The first-order valence-electron chi connectivity index (χ1n) is 6.39. The predicted molar refractivity (Wildman–Crippen MR) is 73.6 cm³/mol. The van der Waals surface area contributed by atoms with Gasteiger partial charge in [-0.25, -0.2) is 13.1 Å². The van der Waals surface area contributed by atoms with Crippen molar-refractivity contribution in [3.8, 4) is 0 Å². The molecule has 1 saturated carbocycles. The molecule has 0 saturated heterocycles. The molecule has 2 unspecified atom stereocenters. The van der Waals surface area contributed by atoms with Gasteiger partial charge in [0.05, 0.1) is 9.82 Å². The molecule has 7 nitrogen and oxygen atoms in total. The van der Waals surface area contributed by atoms with Crippen LogP contribution in [0.25, 0.3) is 0 Å². The van der Waals surface area contributed by atoms with Crippen LogP contribution < -0.4 is 10.5 Å². The largest absolute Gasteiger partial charge is 0.330 e. The van der Waals surface area contributed by atoms with Crippen LogP contribution in [0.4, 0.5) is 5.69 Å². The van der Waals surface area contributed by atoms with E-state index in [0.717, 1.165) is 19.3 Å². The van der Waals surface area contributed by atoms with Gasteiger partial charge in [-0.15, -0.1) is 0 Å². The van der Waals surface area contributed by atoms with Crippen molar-refractivity contribution < 1.29 is 13.3 Å². The minimum absolute atomic E-state index is 0.0410. The maximum absolute atomic E-state index is 12.2. The average molecular weight is 299 g/mol. The number of nitrogens with one attached hydrogen (secondary N) is 1. The van der Waals surface area contributed by atoms with E-state index in [4.69, 9.17) is 5.73 Å². The Hall–Kier alpha value is -1.51. The SMILES string of the molecule is NCC1CCC(NS(=O)(=O)c2ccc([N+](=O)[O-])cc2)C1. The van der Waals surface area contributed by atoms with Crippen LogP contribution in [0.5, 0.6) is 0 Å². The lowest BCUT2D eigenvalue weighted by Gasteiger charge is -2.13. The molecule has 1 aliphatic rings. The molecule has 1 aliphatic carbocycles. The lowest BCUT2D eigenvalue weighted by Crippen LogP contribution is -2.33. The van der Waals surface area contributed by atoms with Gasteiger partial charge in [0.1, 0.15) is 0 Å². The lowest BCUT2D eigenvalue weighted by molar-refractivity contribution is -0.384. The van der Waals surface area contributed by atoms with Gasteiger partial charge in [-0.3, -0.25) is 10.1 Å². The van der Waals surface area contributed by atoms with E-state index in [1.54, 1.807) is 0 Å². The summed E-state index contributed by atoms with van der Waals surface area (Å²) in [6.07, 6.45) is 2.43. The minimum Gasteiger partial charge on any atom is -0.330 e. The molecule has 0 aromatic heterocycles. The van der Waals surface area contributed by atoms with Crippen molar-refractivity contribution in [2.45, 2.75) is 30.2 Å². The first-order chi connectivity index (χ1) is 9.42. The molecule has 8 heteroatoms. The number of hydrogen-bond acceptors (Lipinski definition) is 5. The zero-order chi connectivity index (χ0) is 14.8. The van der Waals surface area contributed by atoms with E-state index >= 15 is 0 Å². The average Bonchev–Trinajstić information content (AvgIpc) is 2.85. The van der Waals surface area contributed by atoms with E-state index in [1.807, 2.05) is 0 Å². The van der Waals surface area contributed by atoms with E-state index in [9.17, 15) is 18.5 Å². The molecule has 0 heterocycles. The number of sulfonamides is 1. The third-order valence-electron chi connectivity index (χ3n) is 3.55. The highest BCUT2D eigenvalue weighted by molar-refractivity contribution is 7.89. The highest BCUT2D eigenvalue weighted by Crippen LogP contribution is 2.26. The van der Waals surface area contributed by atoms with Crippen LogP contribution in [0.2, 0.25) is 0 Å². The fourth-order valence-corrected chi connectivity index (χ4v) is 3.71. The summed E-state index contributed by atoms with van der Waals surface area (Å²) in [5, 5.41) is 10.5. The summed E-state index contributed by atoms with van der Waals surface area (Å²) in [4.78, 5) is 10.0. The van der Waals surface area contributed by atoms with Crippen LogP contribution in [0, 0.1) is 16.0 Å². The van der Waals surface area contributed by atoms with E-state index in [1.165, 1.54) is 24.3 Å². The summed E-state index contributed by atoms with van der Waals surface area (Å²) < 4.78 is 26.9. The van der Waals surface area contributed by atoms with Gasteiger partial charge in [0.15, 0.2) is 0 Å². The molecule has 0 radical (unpaired) electrons. The third-order valence-corrected chi connectivity index (χ3v) is 5.09. The van der Waals surface area contributed by atoms with Crippen LogP contribution in [0.15, 0.2) is 29.2 Å². The highest BCUT2D eigenvalue weighted by atomic mass is 32.2. The van der Waals surface area contributed by atoms with Crippen LogP contribution in [-0.2, 0) is 10.0 Å². The topological polar surface area (TPSA) is 115 Å². The molecule has 3 N–H and O–H groups in total. The molecule has 0 aliphatic heterocycles. The summed E-state index contributed by atoms with van der Waals surface area (Å²) in [7, 11) is -3.63. The van der Waals surface area contributed by atoms with E-state index in [-0.39, 0.29) is 16.6 Å². The normalized spacial score (nSPS) is 22.9. The van der Waals surface area contributed by atoms with Gasteiger partial charge >= 0.3 is 0 Å². The van der Waals surface area contributed by atoms with Crippen molar-refractivity contribution in [1.82, 2.24) is 4.72 Å². The van der Waals surface area contributed by atoms with Gasteiger partial charge in [-0.2, -0.15) is 0 Å². The Labute approximate surface area is 117 Å².